The van der Waals surface area contributed by atoms with Crippen molar-refractivity contribution in [2.45, 2.75) is 23.1 Å². The molecule has 0 bridgehead atoms. The van der Waals surface area contributed by atoms with Gasteiger partial charge in [0, 0.05) is 4.90 Å². The highest BCUT2D eigenvalue weighted by molar-refractivity contribution is 9.10. The lowest BCUT2D eigenvalue weighted by molar-refractivity contribution is -0.117. The number of thioether (sulfide) groups is 1. The molecule has 82 valence electrons. The van der Waals surface area contributed by atoms with Crippen molar-refractivity contribution in [2.75, 3.05) is 11.6 Å². The van der Waals surface area contributed by atoms with E-state index in [1.54, 1.807) is 11.8 Å². The van der Waals surface area contributed by atoms with Crippen molar-refractivity contribution in [3.63, 3.8) is 0 Å². The second-order valence-corrected chi connectivity index (χ2v) is 6.46. The van der Waals surface area contributed by atoms with Crippen LogP contribution in [0.1, 0.15) is 13.8 Å². The Bertz CT molecular complexity index is 360. The summed E-state index contributed by atoms with van der Waals surface area (Å²) in [6.07, 6.45) is 1.99. The Morgan fingerprint density at radius 2 is 2.00 bits per heavy atom. The SMILES string of the molecule is CSc1ccccc1NC(=O)C(C)(C)Br. The fourth-order valence-corrected chi connectivity index (χ4v) is 1.67. The number of halogens is 1. The number of carbonyl (C=O) groups is 1. The average Bonchev–Trinajstić information content (AvgIpc) is 2.17. The van der Waals surface area contributed by atoms with Gasteiger partial charge in [-0.1, -0.05) is 28.1 Å². The van der Waals surface area contributed by atoms with E-state index >= 15 is 0 Å². The summed E-state index contributed by atoms with van der Waals surface area (Å²) in [5.41, 5.74) is 0.863. The largest absolute Gasteiger partial charge is 0.324 e. The lowest BCUT2D eigenvalue weighted by Crippen LogP contribution is -2.31. The van der Waals surface area contributed by atoms with Crippen LogP contribution < -0.4 is 5.32 Å². The Balaban J connectivity index is 2.85. The molecule has 0 aliphatic rings. The van der Waals surface area contributed by atoms with E-state index in [1.165, 1.54) is 0 Å². The third-order valence-electron chi connectivity index (χ3n) is 1.90. The minimum absolute atomic E-state index is 0.0380. The molecule has 1 rings (SSSR count). The first-order chi connectivity index (χ1) is 6.95. The van der Waals surface area contributed by atoms with Crippen LogP contribution in [0.25, 0.3) is 0 Å². The first kappa shape index (κ1) is 12.6. The Labute approximate surface area is 103 Å². The second kappa shape index (κ2) is 5.03. The van der Waals surface area contributed by atoms with E-state index in [9.17, 15) is 4.79 Å². The van der Waals surface area contributed by atoms with E-state index in [0.29, 0.717) is 0 Å². The second-order valence-electron chi connectivity index (χ2n) is 3.63. The molecule has 0 saturated carbocycles. The van der Waals surface area contributed by atoms with Crippen LogP contribution in [0.15, 0.2) is 29.2 Å². The summed E-state index contributed by atoms with van der Waals surface area (Å²) in [6.45, 7) is 3.65. The molecule has 1 aromatic rings. The summed E-state index contributed by atoms with van der Waals surface area (Å²) in [7, 11) is 0. The van der Waals surface area contributed by atoms with Crippen LogP contribution >= 0.6 is 27.7 Å². The van der Waals surface area contributed by atoms with E-state index in [1.807, 2.05) is 44.4 Å². The maximum atomic E-state index is 11.7. The molecule has 1 N–H and O–H groups in total. The zero-order valence-electron chi connectivity index (χ0n) is 9.00. The molecule has 0 aromatic heterocycles. The molecular weight excluding hydrogens is 274 g/mol. The predicted molar refractivity (Wildman–Crippen MR) is 69.9 cm³/mol. The van der Waals surface area contributed by atoms with Gasteiger partial charge in [-0.3, -0.25) is 4.79 Å². The van der Waals surface area contributed by atoms with Gasteiger partial charge >= 0.3 is 0 Å². The molecule has 0 fully saturated rings. The van der Waals surface area contributed by atoms with E-state index in [-0.39, 0.29) is 5.91 Å². The molecule has 0 aliphatic carbocycles. The summed E-state index contributed by atoms with van der Waals surface area (Å²) >= 11 is 4.95. The van der Waals surface area contributed by atoms with Crippen LogP contribution in [0.4, 0.5) is 5.69 Å². The molecular formula is C11H14BrNOS. The standard InChI is InChI=1S/C11H14BrNOS/c1-11(2,12)10(14)13-8-6-4-5-7-9(8)15-3/h4-7H,1-3H3,(H,13,14). The number of para-hydroxylation sites is 1. The van der Waals surface area contributed by atoms with Gasteiger partial charge in [-0.2, -0.15) is 0 Å². The molecule has 0 aliphatic heterocycles. The smallest absolute Gasteiger partial charge is 0.240 e. The zero-order chi connectivity index (χ0) is 11.5. The molecule has 0 radical (unpaired) electrons. The van der Waals surface area contributed by atoms with Gasteiger partial charge < -0.3 is 5.32 Å². The lowest BCUT2D eigenvalue weighted by Gasteiger charge is -2.17. The molecule has 1 aromatic carbocycles. The van der Waals surface area contributed by atoms with Crippen LogP contribution in [0, 0.1) is 0 Å². The van der Waals surface area contributed by atoms with E-state index < -0.39 is 4.32 Å². The van der Waals surface area contributed by atoms with Gasteiger partial charge in [0.05, 0.1) is 10.0 Å². The number of rotatable bonds is 3. The van der Waals surface area contributed by atoms with Gasteiger partial charge in [-0.25, -0.2) is 0 Å². The van der Waals surface area contributed by atoms with Crippen LogP contribution in [0.3, 0.4) is 0 Å². The van der Waals surface area contributed by atoms with Crippen molar-refractivity contribution in [1.29, 1.82) is 0 Å². The fourth-order valence-electron chi connectivity index (χ4n) is 1.02. The van der Waals surface area contributed by atoms with Crippen LogP contribution in [-0.2, 0) is 4.79 Å². The molecule has 1 amide bonds. The van der Waals surface area contributed by atoms with Crippen molar-refractivity contribution in [2.24, 2.45) is 0 Å². The first-order valence-corrected chi connectivity index (χ1v) is 6.60. The topological polar surface area (TPSA) is 29.1 Å². The number of hydrogen-bond acceptors (Lipinski definition) is 2. The van der Waals surface area contributed by atoms with Crippen molar-refractivity contribution < 1.29 is 4.79 Å². The minimum Gasteiger partial charge on any atom is -0.324 e. The molecule has 4 heteroatoms. The van der Waals surface area contributed by atoms with Gasteiger partial charge in [0.15, 0.2) is 0 Å². The molecule has 0 saturated heterocycles. The zero-order valence-corrected chi connectivity index (χ0v) is 11.4. The molecule has 0 heterocycles. The van der Waals surface area contributed by atoms with Crippen LogP contribution in [0.2, 0.25) is 0 Å². The van der Waals surface area contributed by atoms with Crippen LogP contribution in [0.5, 0.6) is 0 Å². The fraction of sp³-hybridized carbons (Fsp3) is 0.364. The summed E-state index contributed by atoms with van der Waals surface area (Å²) in [5, 5.41) is 2.89. The molecule has 0 atom stereocenters. The van der Waals surface area contributed by atoms with Crippen LogP contribution in [-0.4, -0.2) is 16.5 Å². The number of hydrogen-bond donors (Lipinski definition) is 1. The molecule has 0 spiro atoms. The third-order valence-corrected chi connectivity index (χ3v) is 3.05. The average molecular weight is 288 g/mol. The van der Waals surface area contributed by atoms with E-state index in [4.69, 9.17) is 0 Å². The summed E-state index contributed by atoms with van der Waals surface area (Å²) < 4.78 is -0.543. The predicted octanol–water partition coefficient (Wildman–Crippen LogP) is 3.52. The Kier molecular flexibility index (Phi) is 4.22. The van der Waals surface area contributed by atoms with Crippen molar-refractivity contribution >= 4 is 39.3 Å². The Morgan fingerprint density at radius 1 is 1.40 bits per heavy atom. The lowest BCUT2D eigenvalue weighted by atomic mass is 10.2. The Morgan fingerprint density at radius 3 is 2.53 bits per heavy atom. The number of anilines is 1. The number of carbonyl (C=O) groups excluding carboxylic acids is 1. The third kappa shape index (κ3) is 3.54. The monoisotopic (exact) mass is 287 g/mol. The van der Waals surface area contributed by atoms with Crippen molar-refractivity contribution in [3.05, 3.63) is 24.3 Å². The normalized spacial score (nSPS) is 11.2. The number of benzene rings is 1. The summed E-state index contributed by atoms with van der Waals surface area (Å²) in [4.78, 5) is 12.8. The minimum atomic E-state index is -0.543. The highest BCUT2D eigenvalue weighted by Gasteiger charge is 2.23. The van der Waals surface area contributed by atoms with E-state index in [2.05, 4.69) is 21.2 Å². The van der Waals surface area contributed by atoms with E-state index in [0.717, 1.165) is 10.6 Å². The van der Waals surface area contributed by atoms with Gasteiger partial charge in [0.25, 0.3) is 0 Å². The van der Waals surface area contributed by atoms with Crippen molar-refractivity contribution in [3.8, 4) is 0 Å². The number of alkyl halides is 1. The maximum absolute atomic E-state index is 11.7. The Hall–Kier alpha value is -0.480. The molecule has 2 nitrogen and oxygen atoms in total. The highest BCUT2D eigenvalue weighted by Crippen LogP contribution is 2.26. The maximum Gasteiger partial charge on any atom is 0.240 e. The quantitative estimate of drug-likeness (QED) is 0.681. The number of amides is 1. The summed E-state index contributed by atoms with van der Waals surface area (Å²) in [6, 6.07) is 7.77. The molecule has 15 heavy (non-hydrogen) atoms. The molecule has 0 unspecified atom stereocenters. The number of nitrogens with one attached hydrogen (secondary N) is 1. The van der Waals surface area contributed by atoms with Crippen molar-refractivity contribution in [1.82, 2.24) is 0 Å². The van der Waals surface area contributed by atoms with Gasteiger partial charge in [-0.05, 0) is 32.2 Å². The van der Waals surface area contributed by atoms with Gasteiger partial charge in [0.1, 0.15) is 0 Å². The van der Waals surface area contributed by atoms with Gasteiger partial charge in [0.2, 0.25) is 5.91 Å². The first-order valence-electron chi connectivity index (χ1n) is 4.58. The van der Waals surface area contributed by atoms with Gasteiger partial charge in [-0.15, -0.1) is 11.8 Å². The summed E-state index contributed by atoms with van der Waals surface area (Å²) in [5.74, 6) is -0.0380. The highest BCUT2D eigenvalue weighted by atomic mass is 79.9.